The number of rotatable bonds is 4. The van der Waals surface area contributed by atoms with E-state index >= 15 is 0 Å². The molecule has 0 unspecified atom stereocenters. The Kier molecular flexibility index (Phi) is 4.17. The summed E-state index contributed by atoms with van der Waals surface area (Å²) in [7, 11) is 1.71. The third-order valence-electron chi connectivity index (χ3n) is 3.82. The largest absolute Gasteiger partial charge is 0.337 e. The smallest absolute Gasteiger partial charge is 0.246 e. The molecule has 3 rings (SSSR count). The highest BCUT2D eigenvalue weighted by atomic mass is 35.5. The predicted molar refractivity (Wildman–Crippen MR) is 92.2 cm³/mol. The third kappa shape index (κ3) is 2.98. The minimum atomic E-state index is -0.0922. The van der Waals surface area contributed by atoms with Gasteiger partial charge in [0, 0.05) is 40.4 Å². The Morgan fingerprint density at radius 1 is 1.22 bits per heavy atom. The first-order valence-electron chi connectivity index (χ1n) is 7.15. The van der Waals surface area contributed by atoms with Crippen molar-refractivity contribution in [3.05, 3.63) is 65.3 Å². The van der Waals surface area contributed by atoms with Gasteiger partial charge in [-0.15, -0.1) is 0 Å². The molecule has 0 aliphatic rings. The number of amides is 1. The summed E-state index contributed by atoms with van der Waals surface area (Å²) in [5.41, 5.74) is 2.18. The van der Waals surface area contributed by atoms with Crippen LogP contribution in [0.2, 0.25) is 5.02 Å². The van der Waals surface area contributed by atoms with Crippen LogP contribution in [0.3, 0.4) is 0 Å². The van der Waals surface area contributed by atoms with Gasteiger partial charge in [-0.25, -0.2) is 0 Å². The SMILES string of the molecule is CN(C(=O)Cn1cc(C=O)c2ccccc21)c1cccc(Cl)c1. The quantitative estimate of drug-likeness (QED) is 0.685. The van der Waals surface area contributed by atoms with E-state index in [-0.39, 0.29) is 12.5 Å². The minimum absolute atomic E-state index is 0.0922. The molecule has 4 nitrogen and oxygen atoms in total. The Balaban J connectivity index is 1.90. The van der Waals surface area contributed by atoms with Crippen LogP contribution in [0.25, 0.3) is 10.9 Å². The van der Waals surface area contributed by atoms with Crippen LogP contribution < -0.4 is 4.90 Å². The molecule has 1 amide bonds. The van der Waals surface area contributed by atoms with Crippen molar-refractivity contribution in [2.24, 2.45) is 0 Å². The van der Waals surface area contributed by atoms with E-state index in [0.29, 0.717) is 10.6 Å². The van der Waals surface area contributed by atoms with Gasteiger partial charge >= 0.3 is 0 Å². The second-order valence-electron chi connectivity index (χ2n) is 5.28. The summed E-state index contributed by atoms with van der Waals surface area (Å²) >= 11 is 5.97. The van der Waals surface area contributed by atoms with Gasteiger partial charge in [0.05, 0.1) is 0 Å². The van der Waals surface area contributed by atoms with Gasteiger partial charge in [0.15, 0.2) is 6.29 Å². The van der Waals surface area contributed by atoms with Crippen molar-refractivity contribution >= 4 is 40.4 Å². The zero-order chi connectivity index (χ0) is 16.4. The zero-order valence-electron chi connectivity index (χ0n) is 12.6. The van der Waals surface area contributed by atoms with Gasteiger partial charge in [0.25, 0.3) is 0 Å². The average Bonchev–Trinajstić information content (AvgIpc) is 2.92. The van der Waals surface area contributed by atoms with Crippen LogP contribution in [-0.4, -0.2) is 23.8 Å². The number of fused-ring (bicyclic) bond motifs is 1. The van der Waals surface area contributed by atoms with Crippen molar-refractivity contribution < 1.29 is 9.59 Å². The number of carbonyl (C=O) groups is 2. The first kappa shape index (κ1) is 15.3. The molecule has 0 atom stereocenters. The van der Waals surface area contributed by atoms with Gasteiger partial charge in [0.2, 0.25) is 5.91 Å². The lowest BCUT2D eigenvalue weighted by Gasteiger charge is -2.18. The highest BCUT2D eigenvalue weighted by Crippen LogP contribution is 2.22. The van der Waals surface area contributed by atoms with Gasteiger partial charge in [-0.05, 0) is 24.3 Å². The topological polar surface area (TPSA) is 42.3 Å². The molecule has 3 aromatic rings. The fourth-order valence-electron chi connectivity index (χ4n) is 2.58. The number of aldehydes is 1. The zero-order valence-corrected chi connectivity index (χ0v) is 13.3. The average molecular weight is 327 g/mol. The van der Waals surface area contributed by atoms with E-state index in [0.717, 1.165) is 22.9 Å². The van der Waals surface area contributed by atoms with E-state index in [9.17, 15) is 9.59 Å². The second-order valence-corrected chi connectivity index (χ2v) is 5.72. The van der Waals surface area contributed by atoms with Crippen LogP contribution in [-0.2, 0) is 11.3 Å². The van der Waals surface area contributed by atoms with Gasteiger partial charge in [0.1, 0.15) is 6.54 Å². The summed E-state index contributed by atoms with van der Waals surface area (Å²) in [6.45, 7) is 0.150. The van der Waals surface area contributed by atoms with Crippen molar-refractivity contribution in [2.75, 3.05) is 11.9 Å². The number of hydrogen-bond donors (Lipinski definition) is 0. The number of aromatic nitrogens is 1. The molecule has 0 fully saturated rings. The molecule has 1 heterocycles. The second kappa shape index (κ2) is 6.26. The van der Waals surface area contributed by atoms with Crippen LogP contribution in [0.5, 0.6) is 0 Å². The van der Waals surface area contributed by atoms with Gasteiger partial charge in [-0.3, -0.25) is 9.59 Å². The molecule has 0 spiro atoms. The fraction of sp³-hybridized carbons (Fsp3) is 0.111. The Morgan fingerprint density at radius 2 is 2.00 bits per heavy atom. The van der Waals surface area contributed by atoms with Crippen molar-refractivity contribution in [3.8, 4) is 0 Å². The van der Waals surface area contributed by atoms with Gasteiger partial charge in [-0.2, -0.15) is 0 Å². The molecule has 0 saturated heterocycles. The van der Waals surface area contributed by atoms with E-state index in [2.05, 4.69) is 0 Å². The van der Waals surface area contributed by atoms with Crippen molar-refractivity contribution in [1.82, 2.24) is 4.57 Å². The van der Waals surface area contributed by atoms with Crippen LogP contribution in [0.4, 0.5) is 5.69 Å². The maximum Gasteiger partial charge on any atom is 0.246 e. The highest BCUT2D eigenvalue weighted by molar-refractivity contribution is 6.30. The number of benzene rings is 2. The Morgan fingerprint density at radius 3 is 2.74 bits per heavy atom. The number of para-hydroxylation sites is 1. The summed E-state index contributed by atoms with van der Waals surface area (Å²) in [5.74, 6) is -0.0922. The Hall–Kier alpha value is -2.59. The standard InChI is InChI=1S/C18H15ClN2O2/c1-20(15-6-4-5-14(19)9-15)18(23)11-21-10-13(12-22)16-7-2-3-8-17(16)21/h2-10,12H,11H2,1H3. The summed E-state index contributed by atoms with van der Waals surface area (Å²) in [6.07, 6.45) is 2.52. The lowest BCUT2D eigenvalue weighted by atomic mass is 10.2. The van der Waals surface area contributed by atoms with E-state index in [4.69, 9.17) is 11.6 Å². The van der Waals surface area contributed by atoms with Gasteiger partial charge < -0.3 is 9.47 Å². The van der Waals surface area contributed by atoms with Crippen LogP contribution in [0.1, 0.15) is 10.4 Å². The van der Waals surface area contributed by atoms with Crippen LogP contribution in [0, 0.1) is 0 Å². The highest BCUT2D eigenvalue weighted by Gasteiger charge is 2.15. The van der Waals surface area contributed by atoms with Crippen molar-refractivity contribution in [2.45, 2.75) is 6.54 Å². The predicted octanol–water partition coefficient (Wildman–Crippen LogP) is 3.77. The molecule has 0 saturated carbocycles. The number of nitrogens with zero attached hydrogens (tertiary/aromatic N) is 2. The lowest BCUT2D eigenvalue weighted by Crippen LogP contribution is -2.29. The molecule has 116 valence electrons. The lowest BCUT2D eigenvalue weighted by molar-refractivity contribution is -0.118. The van der Waals surface area contributed by atoms with E-state index in [1.54, 1.807) is 40.9 Å². The van der Waals surface area contributed by atoms with E-state index in [1.165, 1.54) is 0 Å². The summed E-state index contributed by atoms with van der Waals surface area (Å²) < 4.78 is 1.79. The molecule has 0 aliphatic carbocycles. The third-order valence-corrected chi connectivity index (χ3v) is 4.06. The molecule has 1 aromatic heterocycles. The van der Waals surface area contributed by atoms with Crippen LogP contribution in [0.15, 0.2) is 54.7 Å². The monoisotopic (exact) mass is 326 g/mol. The number of anilines is 1. The molecule has 5 heteroatoms. The first-order chi connectivity index (χ1) is 11.1. The summed E-state index contributed by atoms with van der Waals surface area (Å²) in [4.78, 5) is 25.3. The molecule has 0 bridgehead atoms. The normalized spacial score (nSPS) is 10.7. The molecule has 2 aromatic carbocycles. The first-order valence-corrected chi connectivity index (χ1v) is 7.53. The van der Waals surface area contributed by atoms with E-state index in [1.807, 2.05) is 30.3 Å². The van der Waals surface area contributed by atoms with Crippen molar-refractivity contribution in [3.63, 3.8) is 0 Å². The maximum atomic E-state index is 12.5. The number of hydrogen-bond acceptors (Lipinski definition) is 2. The number of halogens is 1. The molecule has 23 heavy (non-hydrogen) atoms. The summed E-state index contributed by atoms with van der Waals surface area (Å²) in [6, 6.07) is 14.7. The van der Waals surface area contributed by atoms with Crippen LogP contribution >= 0.6 is 11.6 Å². The van der Waals surface area contributed by atoms with E-state index < -0.39 is 0 Å². The molecular formula is C18H15ClN2O2. The molecular weight excluding hydrogens is 312 g/mol. The fourth-order valence-corrected chi connectivity index (χ4v) is 2.76. The summed E-state index contributed by atoms with van der Waals surface area (Å²) in [5, 5.41) is 1.43. The Bertz CT molecular complexity index is 886. The van der Waals surface area contributed by atoms with Crippen molar-refractivity contribution in [1.29, 1.82) is 0 Å². The number of carbonyl (C=O) groups excluding carboxylic acids is 2. The molecule has 0 N–H and O–H groups in total. The Labute approximate surface area is 138 Å². The minimum Gasteiger partial charge on any atom is -0.337 e. The number of likely N-dealkylation sites (N-methyl/N-ethyl adjacent to an activating group) is 1. The maximum absolute atomic E-state index is 12.5. The molecule has 0 aliphatic heterocycles. The van der Waals surface area contributed by atoms with Gasteiger partial charge in [-0.1, -0.05) is 35.9 Å². The molecule has 0 radical (unpaired) electrons.